The Bertz CT molecular complexity index is 728. The van der Waals surface area contributed by atoms with E-state index in [1.807, 2.05) is 32.2 Å². The quantitative estimate of drug-likeness (QED) is 0.363. The topological polar surface area (TPSA) is 52.8 Å². The molecule has 2 aromatic heterocycles. The smallest absolute Gasteiger partial charge is 0.191 e. The predicted octanol–water partition coefficient (Wildman–Crippen LogP) is 4.32. The van der Waals surface area contributed by atoms with Gasteiger partial charge in [0.2, 0.25) is 0 Å². The molecule has 3 rings (SSSR count). The summed E-state index contributed by atoms with van der Waals surface area (Å²) in [6, 6.07) is 7.00. The fourth-order valence-electron chi connectivity index (χ4n) is 3.87. The van der Waals surface area contributed by atoms with Gasteiger partial charge in [-0.2, -0.15) is 0 Å². The molecule has 1 saturated heterocycles. The zero-order valence-corrected chi connectivity index (χ0v) is 19.8. The first kappa shape index (κ1) is 22.2. The number of hydrogen-bond acceptors (Lipinski definition) is 4. The number of likely N-dealkylation sites (tertiary alicyclic amines) is 1. The first-order chi connectivity index (χ1) is 12.6. The molecule has 0 aromatic carbocycles. The lowest BCUT2D eigenvalue weighted by molar-refractivity contribution is 0.125. The molecule has 2 unspecified atom stereocenters. The van der Waals surface area contributed by atoms with Crippen LogP contribution in [0.25, 0.3) is 0 Å². The Morgan fingerprint density at radius 1 is 1.37 bits per heavy atom. The molecule has 3 heterocycles. The third-order valence-corrected chi connectivity index (χ3v) is 6.13. The van der Waals surface area contributed by atoms with Crippen LogP contribution in [0, 0.1) is 19.8 Å². The average Bonchev–Trinajstić information content (AvgIpc) is 3.25. The molecule has 2 N–H and O–H groups in total. The Morgan fingerprint density at radius 3 is 2.81 bits per heavy atom. The number of nitrogens with one attached hydrogen (secondary N) is 2. The zero-order chi connectivity index (χ0) is 18.5. The molecule has 7 heteroatoms. The Hall–Kier alpha value is -1.06. The molecule has 27 heavy (non-hydrogen) atoms. The van der Waals surface area contributed by atoms with E-state index < -0.39 is 0 Å². The molecular formula is C20H31IN4OS. The van der Waals surface area contributed by atoms with E-state index in [4.69, 9.17) is 4.42 Å². The lowest BCUT2D eigenvalue weighted by Crippen LogP contribution is -2.44. The highest BCUT2D eigenvalue weighted by atomic mass is 127. The van der Waals surface area contributed by atoms with Gasteiger partial charge in [-0.25, -0.2) is 0 Å². The number of furan rings is 1. The number of halogens is 1. The van der Waals surface area contributed by atoms with Crippen LogP contribution in [0.2, 0.25) is 0 Å². The van der Waals surface area contributed by atoms with Gasteiger partial charge in [-0.05, 0) is 63.7 Å². The second-order valence-corrected chi connectivity index (χ2v) is 8.07. The van der Waals surface area contributed by atoms with Crippen LogP contribution < -0.4 is 10.6 Å². The van der Waals surface area contributed by atoms with Gasteiger partial charge in [0.15, 0.2) is 5.96 Å². The van der Waals surface area contributed by atoms with E-state index in [-0.39, 0.29) is 24.0 Å². The summed E-state index contributed by atoms with van der Waals surface area (Å²) in [6.45, 7) is 6.81. The maximum absolute atomic E-state index is 5.60. The van der Waals surface area contributed by atoms with Crippen molar-refractivity contribution in [2.24, 2.45) is 10.9 Å². The van der Waals surface area contributed by atoms with E-state index in [1.54, 1.807) is 0 Å². The monoisotopic (exact) mass is 502 g/mol. The van der Waals surface area contributed by atoms with Crippen LogP contribution in [0.4, 0.5) is 0 Å². The zero-order valence-electron chi connectivity index (χ0n) is 16.6. The summed E-state index contributed by atoms with van der Waals surface area (Å²) in [7, 11) is 4.07. The predicted molar refractivity (Wildman–Crippen MR) is 124 cm³/mol. The summed E-state index contributed by atoms with van der Waals surface area (Å²) < 4.78 is 5.60. The van der Waals surface area contributed by atoms with Crippen molar-refractivity contribution < 1.29 is 4.42 Å². The first-order valence-electron chi connectivity index (χ1n) is 9.32. The molecule has 0 radical (unpaired) electrons. The third-order valence-electron chi connectivity index (χ3n) is 5.19. The van der Waals surface area contributed by atoms with E-state index >= 15 is 0 Å². The van der Waals surface area contributed by atoms with Gasteiger partial charge in [0.1, 0.15) is 11.5 Å². The summed E-state index contributed by atoms with van der Waals surface area (Å²) >= 11 is 1.86. The van der Waals surface area contributed by atoms with Crippen LogP contribution in [0.3, 0.4) is 0 Å². The van der Waals surface area contributed by atoms with Crippen molar-refractivity contribution in [2.45, 2.75) is 39.3 Å². The van der Waals surface area contributed by atoms with Crippen LogP contribution in [0.5, 0.6) is 0 Å². The molecular weight excluding hydrogens is 471 g/mol. The van der Waals surface area contributed by atoms with Crippen LogP contribution in [-0.4, -0.2) is 38.0 Å². The van der Waals surface area contributed by atoms with Crippen molar-refractivity contribution in [3.05, 3.63) is 45.5 Å². The number of aliphatic imine (C=N–C) groups is 1. The van der Waals surface area contributed by atoms with Gasteiger partial charge in [0.05, 0.1) is 0 Å². The third kappa shape index (κ3) is 5.71. The van der Waals surface area contributed by atoms with Gasteiger partial charge < -0.3 is 15.1 Å². The Labute approximate surface area is 183 Å². The molecule has 0 bridgehead atoms. The molecule has 5 nitrogen and oxygen atoms in total. The lowest BCUT2D eigenvalue weighted by atomic mass is 9.88. The number of aryl methyl sites for hydroxylation is 2. The lowest BCUT2D eigenvalue weighted by Gasteiger charge is -2.39. The van der Waals surface area contributed by atoms with Crippen molar-refractivity contribution in [1.82, 2.24) is 15.5 Å². The maximum atomic E-state index is 5.60. The van der Waals surface area contributed by atoms with E-state index in [0.717, 1.165) is 30.6 Å². The molecule has 1 aliphatic rings. The SMILES string of the molecule is CN=C(NCc1cc(C)oc1C)NCC1CCCN(C)C1c1cccs1.I. The van der Waals surface area contributed by atoms with Crippen LogP contribution >= 0.6 is 35.3 Å². The minimum atomic E-state index is 0. The Balaban J connectivity index is 0.00000261. The highest BCUT2D eigenvalue weighted by Crippen LogP contribution is 2.36. The maximum Gasteiger partial charge on any atom is 0.191 e. The number of nitrogens with zero attached hydrogens (tertiary/aromatic N) is 2. The second kappa shape index (κ2) is 10.5. The van der Waals surface area contributed by atoms with E-state index in [2.05, 4.69) is 51.2 Å². The molecule has 0 spiro atoms. The highest BCUT2D eigenvalue weighted by Gasteiger charge is 2.31. The minimum absolute atomic E-state index is 0. The first-order valence-corrected chi connectivity index (χ1v) is 10.2. The molecule has 0 aliphatic carbocycles. The van der Waals surface area contributed by atoms with Crippen LogP contribution in [0.15, 0.2) is 33.0 Å². The summed E-state index contributed by atoms with van der Waals surface area (Å²) in [5.41, 5.74) is 1.18. The molecule has 2 atom stereocenters. The largest absolute Gasteiger partial charge is 0.466 e. The van der Waals surface area contributed by atoms with Crippen molar-refractivity contribution >= 4 is 41.3 Å². The van der Waals surface area contributed by atoms with Gasteiger partial charge in [-0.3, -0.25) is 9.89 Å². The van der Waals surface area contributed by atoms with Gasteiger partial charge in [0.25, 0.3) is 0 Å². The van der Waals surface area contributed by atoms with E-state index in [0.29, 0.717) is 12.0 Å². The molecule has 150 valence electrons. The summed E-state index contributed by atoms with van der Waals surface area (Å²) in [4.78, 5) is 8.34. The number of piperidine rings is 1. The molecule has 0 amide bonds. The standard InChI is InChI=1S/C20H30N4OS.HI/c1-14-11-17(15(2)25-14)13-23-20(21-3)22-12-16-7-5-9-24(4)19(16)18-8-6-10-26-18;/h6,8,10-11,16,19H,5,7,9,12-13H2,1-4H3,(H2,21,22,23);1H. The number of rotatable bonds is 5. The van der Waals surface area contributed by atoms with Crippen molar-refractivity contribution in [3.8, 4) is 0 Å². The number of hydrogen-bond donors (Lipinski definition) is 2. The van der Waals surface area contributed by atoms with E-state index in [1.165, 1.54) is 29.8 Å². The van der Waals surface area contributed by atoms with Gasteiger partial charge >= 0.3 is 0 Å². The fraction of sp³-hybridized carbons (Fsp3) is 0.550. The van der Waals surface area contributed by atoms with Crippen molar-refractivity contribution in [3.63, 3.8) is 0 Å². The normalized spacial score (nSPS) is 21.0. The fourth-order valence-corrected chi connectivity index (χ4v) is 4.85. The Morgan fingerprint density at radius 2 is 2.19 bits per heavy atom. The summed E-state index contributed by atoms with van der Waals surface area (Å²) in [5.74, 6) is 3.36. The van der Waals surface area contributed by atoms with Crippen molar-refractivity contribution in [2.75, 3.05) is 27.2 Å². The van der Waals surface area contributed by atoms with Crippen molar-refractivity contribution in [1.29, 1.82) is 0 Å². The molecule has 1 aliphatic heterocycles. The average molecular weight is 502 g/mol. The second-order valence-electron chi connectivity index (χ2n) is 7.09. The minimum Gasteiger partial charge on any atom is -0.466 e. The number of guanidine groups is 1. The highest BCUT2D eigenvalue weighted by molar-refractivity contribution is 14.0. The Kier molecular flexibility index (Phi) is 8.62. The summed E-state index contributed by atoms with van der Waals surface area (Å²) in [5, 5.41) is 9.12. The molecule has 0 saturated carbocycles. The number of thiophene rings is 1. The van der Waals surface area contributed by atoms with Gasteiger partial charge in [-0.15, -0.1) is 35.3 Å². The van der Waals surface area contributed by atoms with Crippen LogP contribution in [-0.2, 0) is 6.54 Å². The summed E-state index contributed by atoms with van der Waals surface area (Å²) in [6.07, 6.45) is 2.50. The van der Waals surface area contributed by atoms with Gasteiger partial charge in [0, 0.05) is 36.6 Å². The molecule has 1 fully saturated rings. The van der Waals surface area contributed by atoms with Gasteiger partial charge in [-0.1, -0.05) is 6.07 Å². The van der Waals surface area contributed by atoms with Crippen LogP contribution in [0.1, 0.15) is 40.8 Å². The molecule has 2 aromatic rings. The van der Waals surface area contributed by atoms with E-state index in [9.17, 15) is 0 Å².